The fourth-order valence-corrected chi connectivity index (χ4v) is 0. The molecular formula is H4AgOSnTiZn2. The predicted molar refractivity (Wildman–Crippen MR) is 12.0 cm³/mol. The van der Waals surface area contributed by atoms with Crippen molar-refractivity contribution >= 4 is 23.9 Å². The number of hydrogen-bond donors (Lipinski definition) is 0. The van der Waals surface area contributed by atoms with Crippen LogP contribution in [0.2, 0.25) is 0 Å². The summed E-state index contributed by atoms with van der Waals surface area (Å²) in [6, 6.07) is 0. The smallest absolute Gasteiger partial charge is 0 e. The fourth-order valence-electron chi connectivity index (χ4n) is 0. The summed E-state index contributed by atoms with van der Waals surface area (Å²) < 4.78 is 8.38. The molecule has 6 heavy (non-hydrogen) atoms. The molecule has 0 unspecified atom stereocenters. The molecular weight excluding hydrogens is 421 g/mol. The van der Waals surface area contributed by atoms with Crippen molar-refractivity contribution in [2.24, 2.45) is 0 Å². The molecule has 0 bridgehead atoms. The summed E-state index contributed by atoms with van der Waals surface area (Å²) in [6.45, 7) is 0. The van der Waals surface area contributed by atoms with Crippen LogP contribution in [0, 0.1) is 0 Å². The normalized spacial score (nSPS) is 1.00. The third-order valence-electron chi connectivity index (χ3n) is 0. The van der Waals surface area contributed by atoms with Crippen molar-refractivity contribution in [3.05, 3.63) is 0 Å². The molecule has 6 heteroatoms. The molecule has 0 N–H and O–H groups in total. The Balaban J connectivity index is -0.000000000833. The largest absolute Gasteiger partial charge is 0 e. The van der Waals surface area contributed by atoms with Crippen LogP contribution in [-0.4, -0.2) is 23.9 Å². The molecule has 0 saturated carbocycles. The van der Waals surface area contributed by atoms with Crippen LogP contribution in [0.4, 0.5) is 0 Å². The summed E-state index contributed by atoms with van der Waals surface area (Å²) in [4.78, 5) is 0. The van der Waals surface area contributed by atoms with Gasteiger partial charge in [-0.2, -0.15) is 0 Å². The minimum Gasteiger partial charge on any atom is 0 e. The van der Waals surface area contributed by atoms with E-state index in [1.165, 1.54) is 0 Å². The zero-order valence-electron chi connectivity index (χ0n) is 2.62. The average molecular weight is 425 g/mol. The molecule has 0 aromatic heterocycles. The first-order valence-corrected chi connectivity index (χ1v) is 1.50. The molecule has 0 spiro atoms. The Morgan fingerprint density at radius 1 is 1.17 bits per heavy atom. The second-order valence-electron chi connectivity index (χ2n) is 0. The van der Waals surface area contributed by atoms with Crippen LogP contribution in [0.15, 0.2) is 0 Å². The second-order valence-corrected chi connectivity index (χ2v) is 0. The van der Waals surface area contributed by atoms with E-state index in [0.29, 0.717) is 0 Å². The molecule has 0 amide bonds. The van der Waals surface area contributed by atoms with E-state index in [0.717, 1.165) is 0 Å². The van der Waals surface area contributed by atoms with Gasteiger partial charge in [-0.25, -0.2) is 0 Å². The molecule has 0 atom stereocenters. The quantitative estimate of drug-likeness (QED) is 0.429. The molecule has 0 saturated heterocycles. The Morgan fingerprint density at radius 2 is 1.17 bits per heavy atom. The van der Waals surface area contributed by atoms with Crippen LogP contribution in [0.1, 0.15) is 0 Å². The van der Waals surface area contributed by atoms with E-state index in [2.05, 4.69) is 0 Å². The first kappa shape index (κ1) is 34.6. The van der Waals surface area contributed by atoms with Gasteiger partial charge in [-0.3, -0.25) is 0 Å². The van der Waals surface area contributed by atoms with Crippen molar-refractivity contribution in [1.82, 2.24) is 0 Å². The van der Waals surface area contributed by atoms with Crippen LogP contribution in [0.25, 0.3) is 0 Å². The van der Waals surface area contributed by atoms with Crippen LogP contribution in [0.3, 0.4) is 0 Å². The van der Waals surface area contributed by atoms with E-state index in [1.807, 2.05) is 0 Å². The monoisotopic (exact) mass is 423 g/mol. The third-order valence-corrected chi connectivity index (χ3v) is 0. The van der Waals surface area contributed by atoms with Gasteiger partial charge < -0.3 is 0 Å². The maximum Gasteiger partial charge on any atom is 0 e. The Hall–Kier alpha value is 3.30. The summed E-state index contributed by atoms with van der Waals surface area (Å²) in [7, 11) is 0. The Morgan fingerprint density at radius 3 is 1.17 bits per heavy atom. The molecule has 0 aromatic rings. The van der Waals surface area contributed by atoms with Gasteiger partial charge in [0.15, 0.2) is 0 Å². The average Bonchev–Trinajstić information content (AvgIpc) is 1.00. The van der Waals surface area contributed by atoms with Crippen molar-refractivity contribution in [3.8, 4) is 0 Å². The Kier molecular flexibility index (Phi) is 235. The zero-order valence-corrected chi connectivity index (χ0v) is 11.6. The van der Waals surface area contributed by atoms with Crippen LogP contribution < -0.4 is 0 Å². The van der Waals surface area contributed by atoms with Gasteiger partial charge in [0.25, 0.3) is 0 Å². The van der Waals surface area contributed by atoms with Gasteiger partial charge in [0.05, 0.1) is 0 Å². The maximum absolute atomic E-state index is 8.38. The first-order chi connectivity index (χ1) is 1.00. The van der Waals surface area contributed by atoms with Gasteiger partial charge in [-0.05, 0) is 0 Å². The van der Waals surface area contributed by atoms with Crippen LogP contribution >= 0.6 is 0 Å². The Labute approximate surface area is 107 Å². The first-order valence-electron chi connectivity index (χ1n) is 0.289. The molecule has 0 aromatic carbocycles. The maximum atomic E-state index is 8.38. The van der Waals surface area contributed by atoms with Gasteiger partial charge in [0, 0.05) is 63.6 Å². The van der Waals surface area contributed by atoms with E-state index < -0.39 is 0 Å². The van der Waals surface area contributed by atoms with E-state index in [4.69, 9.17) is 3.57 Å². The van der Waals surface area contributed by atoms with E-state index in [9.17, 15) is 0 Å². The van der Waals surface area contributed by atoms with Crippen LogP contribution in [0.5, 0.6) is 0 Å². The summed E-state index contributed by atoms with van der Waals surface area (Å²) in [5.41, 5.74) is 0. The fraction of sp³-hybridized carbons (Fsp3) is 0. The van der Waals surface area contributed by atoms with E-state index in [-0.39, 0.29) is 106 Å². The Bertz CT molecular complexity index is 13.5. The molecule has 1 nitrogen and oxygen atoms in total. The van der Waals surface area contributed by atoms with Gasteiger partial charge in [0.1, 0.15) is 0 Å². The molecule has 0 aliphatic rings. The molecule has 0 rings (SSSR count). The third kappa shape index (κ3) is 26.6. The molecule has 0 fully saturated rings. The topological polar surface area (TPSA) is 17.1 Å². The second kappa shape index (κ2) is 40.6. The van der Waals surface area contributed by atoms with Crippen molar-refractivity contribution < 1.29 is 85.4 Å². The summed E-state index contributed by atoms with van der Waals surface area (Å²) in [5, 5.41) is 0. The predicted octanol–water partition coefficient (Wildman–Crippen LogP) is -1.58. The summed E-state index contributed by atoms with van der Waals surface area (Å²) in [6.07, 6.45) is 0. The standard InChI is InChI=1S/Ag.O.Sn.Ti.2Zn.4H. The van der Waals surface area contributed by atoms with E-state index >= 15 is 0 Å². The minimum absolute atomic E-state index is 0. The van der Waals surface area contributed by atoms with Crippen molar-refractivity contribution in [2.75, 3.05) is 0 Å². The van der Waals surface area contributed by atoms with Gasteiger partial charge in [-0.15, -0.1) is 0 Å². The summed E-state index contributed by atoms with van der Waals surface area (Å²) >= 11 is 0.125. The molecule has 0 aliphatic heterocycles. The van der Waals surface area contributed by atoms with Gasteiger partial charge in [-0.1, -0.05) is 0 Å². The van der Waals surface area contributed by atoms with Crippen molar-refractivity contribution in [1.29, 1.82) is 0 Å². The van der Waals surface area contributed by atoms with Gasteiger partial charge >= 0.3 is 45.7 Å². The molecule has 33 valence electrons. The zero-order chi connectivity index (χ0) is 2.00. The van der Waals surface area contributed by atoms with Crippen LogP contribution in [-0.2, 0) is 85.4 Å². The molecule has 0 heterocycles. The number of rotatable bonds is 0. The van der Waals surface area contributed by atoms with Gasteiger partial charge in [0.2, 0.25) is 0 Å². The van der Waals surface area contributed by atoms with Crippen molar-refractivity contribution in [2.45, 2.75) is 0 Å². The molecule has 1 radical (unpaired) electrons. The SMILES string of the molecule is [Ag].[O]=[Zn].[SnH4].[Ti].[Zn]. The minimum atomic E-state index is 0. The summed E-state index contributed by atoms with van der Waals surface area (Å²) in [5.74, 6) is 0. The van der Waals surface area contributed by atoms with E-state index in [1.54, 1.807) is 0 Å². The van der Waals surface area contributed by atoms with Crippen molar-refractivity contribution in [3.63, 3.8) is 0 Å². The molecule has 0 aliphatic carbocycles. The number of hydrogen-bond acceptors (Lipinski definition) is 1.